The molecule has 0 aromatic heterocycles. The van der Waals surface area contributed by atoms with Crippen LogP contribution in [0.15, 0.2) is 155 Å². The van der Waals surface area contributed by atoms with Crippen molar-refractivity contribution in [3.05, 3.63) is 215 Å². The Morgan fingerprint density at radius 3 is 1.28 bits per heavy atom. The maximum atomic E-state index is 13.5. The Labute approximate surface area is 658 Å². The van der Waals surface area contributed by atoms with Gasteiger partial charge in [-0.1, -0.05) is 143 Å². The minimum Gasteiger partial charge on any atom is -0.508 e. The number of carboxylic acids is 5. The number of anilines is 2. The second-order valence-corrected chi connectivity index (χ2v) is 27.4. The van der Waals surface area contributed by atoms with Gasteiger partial charge in [-0.05, 0) is 185 Å². The van der Waals surface area contributed by atoms with Gasteiger partial charge < -0.3 is 67.4 Å². The highest BCUT2D eigenvalue weighted by molar-refractivity contribution is 9.11. The zero-order valence-corrected chi connectivity index (χ0v) is 64.9. The molecule has 109 heavy (non-hydrogen) atoms. The van der Waals surface area contributed by atoms with Crippen LogP contribution in [0.5, 0.6) is 17.2 Å². The summed E-state index contributed by atoms with van der Waals surface area (Å²) < 4.78 is 15.2. The van der Waals surface area contributed by atoms with Gasteiger partial charge in [-0.15, -0.1) is 0 Å². The Kier molecular flexibility index (Phi) is 45.0. The summed E-state index contributed by atoms with van der Waals surface area (Å²) in [5, 5.41) is 85.5. The lowest BCUT2D eigenvalue weighted by Gasteiger charge is -2.08. The Bertz CT molecular complexity index is 4090. The first kappa shape index (κ1) is 93.0. The van der Waals surface area contributed by atoms with Crippen molar-refractivity contribution in [1.82, 2.24) is 16.0 Å². The number of hydrogen-bond acceptors (Lipinski definition) is 14. The smallest absolute Gasteiger partial charge is 0.303 e. The number of phenolic OH excluding ortho intramolecular Hbond substituents is 3. The molecule has 586 valence electrons. The number of rotatable bonds is 39. The largest absolute Gasteiger partial charge is 0.508 e. The van der Waals surface area contributed by atoms with Gasteiger partial charge >= 0.3 is 29.8 Å². The predicted molar refractivity (Wildman–Crippen MR) is 421 cm³/mol. The molecule has 0 bridgehead atoms. The van der Waals surface area contributed by atoms with Crippen LogP contribution in [0, 0.1) is 12.7 Å². The van der Waals surface area contributed by atoms with Crippen LogP contribution >= 0.6 is 55.1 Å². The number of aliphatic carboxylic acids is 5. The van der Waals surface area contributed by atoms with E-state index in [1.807, 2.05) is 18.2 Å². The molecular formula is C80H92Br2Cl2FN5O19. The molecule has 0 aliphatic rings. The van der Waals surface area contributed by atoms with E-state index in [9.17, 15) is 72.4 Å². The van der Waals surface area contributed by atoms with Gasteiger partial charge in [-0.3, -0.25) is 52.7 Å². The molecule has 13 N–H and O–H groups in total. The Balaban J connectivity index is 0.000000354. The Morgan fingerprint density at radius 2 is 0.798 bits per heavy atom. The molecule has 7 rings (SSSR count). The first-order chi connectivity index (χ1) is 51.9. The first-order valence-electron chi connectivity index (χ1n) is 35.2. The quantitative estimate of drug-likeness (QED) is 0.0126. The minimum atomic E-state index is -1.02. The average molecular weight is 1680 g/mol. The van der Waals surface area contributed by atoms with Crippen molar-refractivity contribution in [1.29, 1.82) is 0 Å². The van der Waals surface area contributed by atoms with E-state index < -0.39 is 53.4 Å². The van der Waals surface area contributed by atoms with Gasteiger partial charge in [-0.2, -0.15) is 0 Å². The number of ketones is 1. The fraction of sp³-hybridized carbons (Fsp3) is 0.338. The van der Waals surface area contributed by atoms with E-state index in [0.717, 1.165) is 98.0 Å². The highest BCUT2D eigenvalue weighted by atomic mass is 79.9. The molecule has 29 heteroatoms. The van der Waals surface area contributed by atoms with Gasteiger partial charge in [0, 0.05) is 93.8 Å². The molecule has 0 atom stereocenters. The number of halogens is 5. The number of carbonyl (C=O) groups is 11. The second-order valence-electron chi connectivity index (χ2n) is 24.7. The lowest BCUT2D eigenvalue weighted by atomic mass is 10.1. The molecule has 5 amide bonds. The number of benzene rings is 7. The first-order valence-corrected chi connectivity index (χ1v) is 37.5. The predicted octanol–water partition coefficient (Wildman–Crippen LogP) is 17.3. The third-order valence-electron chi connectivity index (χ3n) is 15.8. The highest BCUT2D eigenvalue weighted by Crippen LogP contribution is 2.26. The molecule has 0 unspecified atom stereocenters. The second kappa shape index (κ2) is 52.7. The molecule has 0 saturated heterocycles. The Hall–Kier alpha value is -10.2. The zero-order chi connectivity index (χ0) is 80.6. The number of aromatic hydroxyl groups is 3. The van der Waals surface area contributed by atoms with Gasteiger partial charge in [0.25, 0.3) is 29.5 Å². The number of hydrogen-bond donors (Lipinski definition) is 13. The van der Waals surface area contributed by atoms with Crippen LogP contribution < -0.4 is 26.6 Å². The molecule has 0 saturated carbocycles. The van der Waals surface area contributed by atoms with Crippen LogP contribution in [0.25, 0.3) is 0 Å². The van der Waals surface area contributed by atoms with Gasteiger partial charge in [-0.25, -0.2) is 4.39 Å². The Morgan fingerprint density at radius 1 is 0.376 bits per heavy atom. The monoisotopic (exact) mass is 1670 g/mol. The molecule has 0 heterocycles. The standard InChI is InChI=1S/C17H16ClNO4.C17H15NO5.C16H23NO4.C15H19Br2NO3.C15H19ClFNO3/c18-12-6-9-15(20)14(10-12)17(23)19-13-7-4-11(5-8-13)2-1-3-16(21)22;19-14(9-10-16(21)22)11-5-7-12(8-6-11)18-17(23)13-3-1-2-4-15(13)20;1-12-11-13(8-9-14(12)18)16(21)17-10-6-4-2-3-5-7-15(19)20;16-12-8-11(9-13(17)10-12)15(21)18-7-5-3-1-2-4-6-14(19)20;16-11-7-6-8-12(17)14(11)15(21)18-10-5-3-1-2-4-9-13(19)20/h4-10,20H,1-3H2,(H,19,23)(H,21,22);1-8,20H,9-10H2,(H,18,23)(H,21,22);8-9,11,18H,2-7,10H2,1H3,(H,17,21)(H,19,20);8-10H,1-7H2,(H,18,21)(H,19,20);6-8H,1-5,9-10H2,(H,18,21)(H,19,20). The van der Waals surface area contributed by atoms with Crippen LogP contribution in [0.4, 0.5) is 15.8 Å². The summed E-state index contributed by atoms with van der Waals surface area (Å²) in [6.45, 7) is 3.45. The number of nitrogens with one attached hydrogen (secondary N) is 5. The molecule has 7 aromatic rings. The number of carbonyl (C=O) groups excluding carboxylic acids is 6. The zero-order valence-electron chi connectivity index (χ0n) is 60.2. The molecule has 0 radical (unpaired) electrons. The summed E-state index contributed by atoms with van der Waals surface area (Å²) in [5.41, 5.74) is 4.40. The highest BCUT2D eigenvalue weighted by Gasteiger charge is 2.18. The number of para-hydroxylation sites is 1. The number of Topliss-reactive ketones (excluding diaryl/α,β-unsaturated/α-hetero) is 1. The van der Waals surface area contributed by atoms with E-state index >= 15 is 0 Å². The maximum Gasteiger partial charge on any atom is 0.303 e. The van der Waals surface area contributed by atoms with Crippen molar-refractivity contribution < 1.29 is 98.0 Å². The van der Waals surface area contributed by atoms with E-state index in [2.05, 4.69) is 58.4 Å². The number of aryl methyl sites for hydroxylation is 2. The topological polar surface area (TPSA) is 410 Å². The van der Waals surface area contributed by atoms with Crippen molar-refractivity contribution in [3.63, 3.8) is 0 Å². The van der Waals surface area contributed by atoms with E-state index in [0.29, 0.717) is 84.0 Å². The fourth-order valence-electron chi connectivity index (χ4n) is 9.94. The van der Waals surface area contributed by atoms with Gasteiger partial charge in [0.2, 0.25) is 0 Å². The van der Waals surface area contributed by atoms with Crippen LogP contribution in [-0.2, 0) is 30.4 Å². The van der Waals surface area contributed by atoms with Crippen molar-refractivity contribution in [2.75, 3.05) is 30.3 Å². The summed E-state index contributed by atoms with van der Waals surface area (Å²) >= 11 is 18.3. The molecule has 0 aliphatic heterocycles. The van der Waals surface area contributed by atoms with Gasteiger partial charge in [0.15, 0.2) is 5.78 Å². The van der Waals surface area contributed by atoms with E-state index in [-0.39, 0.29) is 95.1 Å². The van der Waals surface area contributed by atoms with Crippen LogP contribution in [0.3, 0.4) is 0 Å². The normalized spacial score (nSPS) is 10.3. The van der Waals surface area contributed by atoms with Gasteiger partial charge in [0.1, 0.15) is 23.1 Å². The van der Waals surface area contributed by atoms with E-state index in [1.165, 1.54) is 66.7 Å². The number of unbranched alkanes of at least 4 members (excludes halogenated alkanes) is 12. The van der Waals surface area contributed by atoms with Crippen molar-refractivity contribution in [2.45, 2.75) is 155 Å². The van der Waals surface area contributed by atoms with Crippen molar-refractivity contribution in [2.24, 2.45) is 0 Å². The molecule has 0 spiro atoms. The maximum absolute atomic E-state index is 13.5. The average Bonchev–Trinajstić information content (AvgIpc) is 0.861. The summed E-state index contributed by atoms with van der Waals surface area (Å²) in [7, 11) is 0. The molecule has 0 fully saturated rings. The third-order valence-corrected chi connectivity index (χ3v) is 17.2. The summed E-state index contributed by atoms with van der Waals surface area (Å²) in [6, 6.07) is 38.0. The van der Waals surface area contributed by atoms with Crippen LogP contribution in [-0.4, -0.2) is 126 Å². The van der Waals surface area contributed by atoms with Crippen molar-refractivity contribution >= 4 is 132 Å². The molecule has 0 aliphatic carbocycles. The third kappa shape index (κ3) is 40.5. The fourth-order valence-corrected chi connectivity index (χ4v) is 11.7. The summed E-state index contributed by atoms with van der Waals surface area (Å²) in [5.74, 6) is -6.71. The lowest BCUT2D eigenvalue weighted by Crippen LogP contribution is -2.25. The summed E-state index contributed by atoms with van der Waals surface area (Å²) in [6.07, 6.45) is 14.9. The number of phenols is 3. The molecule has 24 nitrogen and oxygen atoms in total. The molecule has 7 aromatic carbocycles. The SMILES string of the molecule is Cc1cc(C(=O)NCCCCCCCC(=O)O)ccc1O.O=C(O)CCC(=O)c1ccc(NC(=O)c2ccccc2O)cc1.O=C(O)CCCCCCCNC(=O)c1c(F)cccc1Cl.O=C(O)CCCCCCCNC(=O)c1cc(Br)cc(Br)c1.O=C(O)CCCc1ccc(NC(=O)c2cc(Cl)ccc2O)cc1. The van der Waals surface area contributed by atoms with E-state index in [4.69, 9.17) is 48.7 Å². The van der Waals surface area contributed by atoms with Crippen LogP contribution in [0.2, 0.25) is 10.0 Å². The number of carboxylic acid groups (broad SMARTS) is 5. The summed E-state index contributed by atoms with van der Waals surface area (Å²) in [4.78, 5) is 123. The lowest BCUT2D eigenvalue weighted by molar-refractivity contribution is -0.138. The minimum absolute atomic E-state index is 0.0705. The molecular weight excluding hydrogens is 1580 g/mol. The number of amides is 5. The van der Waals surface area contributed by atoms with Gasteiger partial charge in [0.05, 0.1) is 28.1 Å². The van der Waals surface area contributed by atoms with Crippen molar-refractivity contribution in [3.8, 4) is 17.2 Å². The van der Waals surface area contributed by atoms with E-state index in [1.54, 1.807) is 67.6 Å². The van der Waals surface area contributed by atoms with Crippen LogP contribution in [0.1, 0.15) is 215 Å².